The molecule has 13 heavy (non-hydrogen) atoms. The Hall–Kier alpha value is -0.330. The van der Waals surface area contributed by atoms with Crippen LogP contribution in [0.2, 0.25) is 0 Å². The van der Waals surface area contributed by atoms with E-state index in [1.54, 1.807) is 29.3 Å². The van der Waals surface area contributed by atoms with Crippen LogP contribution in [0.3, 0.4) is 0 Å². The fourth-order valence-electron chi connectivity index (χ4n) is 0.835. The van der Waals surface area contributed by atoms with Crippen LogP contribution in [0.1, 0.15) is 4.88 Å². The summed E-state index contributed by atoms with van der Waals surface area (Å²) in [7, 11) is 0. The van der Waals surface area contributed by atoms with Crippen LogP contribution in [0, 0.1) is 0 Å². The van der Waals surface area contributed by atoms with Crippen LogP contribution in [0.4, 0.5) is 0 Å². The minimum atomic E-state index is 0.935. The number of aromatic amines is 1. The largest absolute Gasteiger partial charge is 0.197 e. The molecule has 0 aromatic carbocycles. The molecule has 2 aromatic rings. The first-order valence-electron chi connectivity index (χ1n) is 3.56. The summed E-state index contributed by atoms with van der Waals surface area (Å²) in [6, 6.07) is 2.12. The molecular formula is C7H6BrN3S2. The summed E-state index contributed by atoms with van der Waals surface area (Å²) < 4.78 is 1.15. The van der Waals surface area contributed by atoms with E-state index in [9.17, 15) is 0 Å². The van der Waals surface area contributed by atoms with Crippen molar-refractivity contribution in [3.8, 4) is 0 Å². The number of halogens is 1. The van der Waals surface area contributed by atoms with E-state index in [0.717, 1.165) is 15.3 Å². The van der Waals surface area contributed by atoms with E-state index in [1.807, 2.05) is 0 Å². The van der Waals surface area contributed by atoms with Crippen molar-refractivity contribution in [1.29, 1.82) is 0 Å². The van der Waals surface area contributed by atoms with Gasteiger partial charge in [-0.05, 0) is 22.0 Å². The lowest BCUT2D eigenvalue weighted by atomic mass is 10.5. The second kappa shape index (κ2) is 4.26. The Balaban J connectivity index is 1.93. The van der Waals surface area contributed by atoms with Crippen LogP contribution in [-0.4, -0.2) is 15.4 Å². The molecule has 2 aromatic heterocycles. The molecule has 2 heterocycles. The minimum Gasteiger partial charge on any atom is -0.197 e. The molecule has 0 bridgehead atoms. The fourth-order valence-corrected chi connectivity index (χ4v) is 3.13. The number of nitrogens with zero attached hydrogens (tertiary/aromatic N) is 2. The highest BCUT2D eigenvalue weighted by atomic mass is 79.9. The first-order chi connectivity index (χ1) is 6.34. The Bertz CT molecular complexity index is 371. The molecule has 0 aliphatic carbocycles. The van der Waals surface area contributed by atoms with Crippen LogP contribution in [0.15, 0.2) is 27.1 Å². The van der Waals surface area contributed by atoms with Gasteiger partial charge in [-0.15, -0.1) is 16.4 Å². The van der Waals surface area contributed by atoms with Gasteiger partial charge in [-0.3, -0.25) is 0 Å². The average Bonchev–Trinajstić information content (AvgIpc) is 2.71. The van der Waals surface area contributed by atoms with E-state index >= 15 is 0 Å². The summed E-state index contributed by atoms with van der Waals surface area (Å²) in [6.45, 7) is 0. The number of H-pyrrole nitrogens is 1. The molecule has 0 unspecified atom stereocenters. The number of thioether (sulfide) groups is 1. The highest BCUT2D eigenvalue weighted by molar-refractivity contribution is 9.10. The molecule has 0 radical (unpaired) electrons. The molecule has 0 amide bonds. The number of hydrogen-bond acceptors (Lipinski definition) is 4. The Labute approximate surface area is 92.1 Å². The first kappa shape index (κ1) is 9.23. The zero-order valence-corrected chi connectivity index (χ0v) is 9.75. The number of thiophene rings is 1. The number of aromatic nitrogens is 3. The standard InChI is InChI=1S/C7H6BrN3S2/c8-5-1-6(12-3-5)4-13-7-2-9-11-10-7/h1-3H,4H2,(H,9,10,11). The molecule has 68 valence electrons. The molecule has 3 nitrogen and oxygen atoms in total. The van der Waals surface area contributed by atoms with Crippen molar-refractivity contribution in [1.82, 2.24) is 15.4 Å². The third-order valence-electron chi connectivity index (χ3n) is 1.38. The normalized spacial score (nSPS) is 10.5. The highest BCUT2D eigenvalue weighted by Gasteiger charge is 2.00. The lowest BCUT2D eigenvalue weighted by Crippen LogP contribution is -1.74. The van der Waals surface area contributed by atoms with Crippen molar-refractivity contribution in [3.63, 3.8) is 0 Å². The van der Waals surface area contributed by atoms with Crippen LogP contribution in [-0.2, 0) is 5.75 Å². The minimum absolute atomic E-state index is 0.935. The zero-order chi connectivity index (χ0) is 9.10. The summed E-state index contributed by atoms with van der Waals surface area (Å²) in [5.74, 6) is 0.947. The van der Waals surface area contributed by atoms with Gasteiger partial charge in [-0.1, -0.05) is 11.8 Å². The van der Waals surface area contributed by atoms with Crippen molar-refractivity contribution in [2.45, 2.75) is 10.8 Å². The Morgan fingerprint density at radius 2 is 2.54 bits per heavy atom. The van der Waals surface area contributed by atoms with Gasteiger partial charge in [0.25, 0.3) is 0 Å². The van der Waals surface area contributed by atoms with E-state index in [2.05, 4.69) is 42.8 Å². The van der Waals surface area contributed by atoms with Gasteiger partial charge in [0.05, 0.1) is 6.20 Å². The van der Waals surface area contributed by atoms with Crippen molar-refractivity contribution in [2.24, 2.45) is 0 Å². The highest BCUT2D eigenvalue weighted by Crippen LogP contribution is 2.26. The topological polar surface area (TPSA) is 41.6 Å². The van der Waals surface area contributed by atoms with E-state index < -0.39 is 0 Å². The van der Waals surface area contributed by atoms with Gasteiger partial charge in [0.2, 0.25) is 0 Å². The summed E-state index contributed by atoms with van der Waals surface area (Å²) in [4.78, 5) is 1.33. The smallest absolute Gasteiger partial charge is 0.139 e. The second-order valence-electron chi connectivity index (χ2n) is 2.33. The van der Waals surface area contributed by atoms with Crippen molar-refractivity contribution in [3.05, 3.63) is 27.0 Å². The monoisotopic (exact) mass is 275 g/mol. The first-order valence-corrected chi connectivity index (χ1v) is 6.22. The van der Waals surface area contributed by atoms with Crippen LogP contribution in [0.25, 0.3) is 0 Å². The molecule has 2 rings (SSSR count). The van der Waals surface area contributed by atoms with Crippen LogP contribution >= 0.6 is 39.0 Å². The van der Waals surface area contributed by atoms with E-state index in [4.69, 9.17) is 0 Å². The molecule has 0 saturated heterocycles. The lowest BCUT2D eigenvalue weighted by molar-refractivity contribution is 0.911. The molecule has 0 atom stereocenters. The quantitative estimate of drug-likeness (QED) is 0.876. The van der Waals surface area contributed by atoms with Gasteiger partial charge < -0.3 is 0 Å². The predicted octanol–water partition coefficient (Wildman–Crippen LogP) is 2.92. The number of rotatable bonds is 3. The Morgan fingerprint density at radius 3 is 3.15 bits per heavy atom. The second-order valence-corrected chi connectivity index (χ2v) is 5.24. The average molecular weight is 276 g/mol. The van der Waals surface area contributed by atoms with Crippen molar-refractivity contribution < 1.29 is 0 Å². The molecule has 0 aliphatic heterocycles. The van der Waals surface area contributed by atoms with Crippen LogP contribution in [0.5, 0.6) is 0 Å². The van der Waals surface area contributed by atoms with Crippen LogP contribution < -0.4 is 0 Å². The Kier molecular flexibility index (Phi) is 3.02. The summed E-state index contributed by atoms with van der Waals surface area (Å²) in [6.07, 6.45) is 1.73. The van der Waals surface area contributed by atoms with Gasteiger partial charge in [0.15, 0.2) is 0 Å². The third kappa shape index (κ3) is 2.55. The third-order valence-corrected chi connectivity index (χ3v) is 4.21. The molecular weight excluding hydrogens is 270 g/mol. The fraction of sp³-hybridized carbons (Fsp3) is 0.143. The predicted molar refractivity (Wildman–Crippen MR) is 58.0 cm³/mol. The van der Waals surface area contributed by atoms with E-state index in [1.165, 1.54) is 4.88 Å². The van der Waals surface area contributed by atoms with E-state index in [-0.39, 0.29) is 0 Å². The van der Waals surface area contributed by atoms with Gasteiger partial charge in [0, 0.05) is 20.5 Å². The van der Waals surface area contributed by atoms with Gasteiger partial charge in [0.1, 0.15) is 5.03 Å². The van der Waals surface area contributed by atoms with Gasteiger partial charge in [-0.25, -0.2) is 0 Å². The summed E-state index contributed by atoms with van der Waals surface area (Å²) in [5.41, 5.74) is 0. The molecule has 0 saturated carbocycles. The maximum absolute atomic E-state index is 3.96. The number of nitrogens with one attached hydrogen (secondary N) is 1. The van der Waals surface area contributed by atoms with Gasteiger partial charge in [-0.2, -0.15) is 10.3 Å². The zero-order valence-electron chi connectivity index (χ0n) is 6.53. The lowest BCUT2D eigenvalue weighted by Gasteiger charge is -1.91. The molecule has 1 N–H and O–H groups in total. The molecule has 0 aliphatic rings. The van der Waals surface area contributed by atoms with E-state index in [0.29, 0.717) is 0 Å². The SMILES string of the molecule is Brc1csc(CSc2cn[nH]n2)c1. The maximum atomic E-state index is 3.96. The molecule has 0 spiro atoms. The number of hydrogen-bond donors (Lipinski definition) is 1. The van der Waals surface area contributed by atoms with Crippen molar-refractivity contribution in [2.75, 3.05) is 0 Å². The van der Waals surface area contributed by atoms with Crippen molar-refractivity contribution >= 4 is 39.0 Å². The Morgan fingerprint density at radius 1 is 1.62 bits per heavy atom. The van der Waals surface area contributed by atoms with Gasteiger partial charge >= 0.3 is 0 Å². The maximum Gasteiger partial charge on any atom is 0.139 e. The molecule has 6 heteroatoms. The molecule has 0 fully saturated rings. The summed E-state index contributed by atoms with van der Waals surface area (Å²) >= 11 is 6.84. The summed E-state index contributed by atoms with van der Waals surface area (Å²) in [5, 5.41) is 13.3.